The number of sulfonamides is 1. The quantitative estimate of drug-likeness (QED) is 0.742. The van der Waals surface area contributed by atoms with Crippen LogP contribution in [0, 0.1) is 0 Å². The predicted molar refractivity (Wildman–Crippen MR) is 103 cm³/mol. The van der Waals surface area contributed by atoms with E-state index in [9.17, 15) is 18.0 Å². The number of carbonyl (C=O) groups excluding carboxylic acids is 2. The van der Waals surface area contributed by atoms with Gasteiger partial charge in [-0.15, -0.1) is 0 Å². The summed E-state index contributed by atoms with van der Waals surface area (Å²) in [5.41, 5.74) is 1.57. The summed E-state index contributed by atoms with van der Waals surface area (Å²) in [6, 6.07) is 15.7. The Hall–Kier alpha value is -2.51. The Morgan fingerprint density at radius 2 is 1.56 bits per heavy atom. The van der Waals surface area contributed by atoms with Gasteiger partial charge < -0.3 is 0 Å². The summed E-state index contributed by atoms with van der Waals surface area (Å²) in [6.07, 6.45) is 1.07. The molecule has 1 unspecified atom stereocenters. The van der Waals surface area contributed by atoms with Gasteiger partial charge in [0.05, 0.1) is 10.6 Å². The lowest BCUT2D eigenvalue weighted by Gasteiger charge is -2.15. The molecule has 1 saturated heterocycles. The minimum atomic E-state index is -3.64. The second-order valence-electron chi connectivity index (χ2n) is 6.61. The van der Waals surface area contributed by atoms with Gasteiger partial charge in [-0.1, -0.05) is 37.3 Å². The predicted octanol–water partition coefficient (Wildman–Crippen LogP) is 2.81. The molecule has 0 aliphatic carbocycles. The van der Waals surface area contributed by atoms with Crippen LogP contribution in [0.3, 0.4) is 0 Å². The lowest BCUT2D eigenvalue weighted by atomic mass is 9.98. The molecular weight excluding hydrogens is 364 g/mol. The highest BCUT2D eigenvalue weighted by Crippen LogP contribution is 2.24. The molecular formula is C20H22N2O4S. The standard InChI is InChI=1S/C20H22N2O4S/c1-15(16-5-3-2-4-6-16)13-14-21-27(25,26)18-9-7-17(8-10-18)22-19(23)11-12-20(22)24/h2-10,15,21H,11-14H2,1H3. The minimum absolute atomic E-state index is 0.109. The van der Waals surface area contributed by atoms with Gasteiger partial charge in [-0.2, -0.15) is 0 Å². The number of hydrogen-bond donors (Lipinski definition) is 1. The summed E-state index contributed by atoms with van der Waals surface area (Å²) < 4.78 is 27.5. The molecule has 3 rings (SSSR count). The van der Waals surface area contributed by atoms with E-state index >= 15 is 0 Å². The zero-order chi connectivity index (χ0) is 19.4. The number of anilines is 1. The maximum atomic E-state index is 12.5. The van der Waals surface area contributed by atoms with Crippen molar-refractivity contribution < 1.29 is 18.0 Å². The van der Waals surface area contributed by atoms with Crippen molar-refractivity contribution >= 4 is 27.5 Å². The third kappa shape index (κ3) is 4.43. The summed E-state index contributed by atoms with van der Waals surface area (Å²) in [5, 5.41) is 0. The van der Waals surface area contributed by atoms with Crippen molar-refractivity contribution in [3.63, 3.8) is 0 Å². The van der Waals surface area contributed by atoms with Crippen molar-refractivity contribution in [2.45, 2.75) is 37.0 Å². The summed E-state index contributed by atoms with van der Waals surface area (Å²) in [6.45, 7) is 2.38. The lowest BCUT2D eigenvalue weighted by Crippen LogP contribution is -2.29. The van der Waals surface area contributed by atoms with Gasteiger partial charge in [-0.3, -0.25) is 14.5 Å². The lowest BCUT2D eigenvalue weighted by molar-refractivity contribution is -0.121. The van der Waals surface area contributed by atoms with Crippen LogP contribution < -0.4 is 9.62 Å². The highest BCUT2D eigenvalue weighted by Gasteiger charge is 2.30. The molecule has 0 aromatic heterocycles. The van der Waals surface area contributed by atoms with Crippen LogP contribution in [-0.2, 0) is 19.6 Å². The number of amides is 2. The van der Waals surface area contributed by atoms with E-state index in [4.69, 9.17) is 0 Å². The van der Waals surface area contributed by atoms with E-state index in [1.54, 1.807) is 0 Å². The first-order valence-electron chi connectivity index (χ1n) is 8.89. The molecule has 0 bridgehead atoms. The maximum Gasteiger partial charge on any atom is 0.240 e. The molecule has 0 radical (unpaired) electrons. The second-order valence-corrected chi connectivity index (χ2v) is 8.38. The number of carbonyl (C=O) groups is 2. The Balaban J connectivity index is 1.61. The van der Waals surface area contributed by atoms with Crippen LogP contribution in [0.1, 0.15) is 37.7 Å². The van der Waals surface area contributed by atoms with Gasteiger partial charge in [-0.25, -0.2) is 13.1 Å². The molecule has 2 amide bonds. The van der Waals surface area contributed by atoms with E-state index < -0.39 is 10.0 Å². The van der Waals surface area contributed by atoms with E-state index in [2.05, 4.69) is 11.6 Å². The molecule has 2 aromatic rings. The highest BCUT2D eigenvalue weighted by atomic mass is 32.2. The van der Waals surface area contributed by atoms with Crippen LogP contribution >= 0.6 is 0 Å². The molecule has 7 heteroatoms. The summed E-state index contributed by atoms with van der Waals surface area (Å²) in [7, 11) is -3.64. The van der Waals surface area contributed by atoms with Gasteiger partial charge in [0.1, 0.15) is 0 Å². The largest absolute Gasteiger partial charge is 0.274 e. The number of hydrogen-bond acceptors (Lipinski definition) is 4. The van der Waals surface area contributed by atoms with Gasteiger partial charge in [0.25, 0.3) is 0 Å². The van der Waals surface area contributed by atoms with Gasteiger partial charge >= 0.3 is 0 Å². The number of benzene rings is 2. The Labute approximate surface area is 159 Å². The average molecular weight is 386 g/mol. The molecule has 6 nitrogen and oxygen atoms in total. The molecule has 1 atom stereocenters. The molecule has 0 spiro atoms. The van der Waals surface area contributed by atoms with E-state index in [1.807, 2.05) is 30.3 Å². The first-order valence-corrected chi connectivity index (χ1v) is 10.4. The fourth-order valence-electron chi connectivity index (χ4n) is 3.08. The summed E-state index contributed by atoms with van der Waals surface area (Å²) in [4.78, 5) is 24.7. The smallest absolute Gasteiger partial charge is 0.240 e. The molecule has 1 fully saturated rings. The third-order valence-corrected chi connectivity index (χ3v) is 6.17. The SMILES string of the molecule is CC(CCNS(=O)(=O)c1ccc(N2C(=O)CCC2=O)cc1)c1ccccc1. The van der Waals surface area contributed by atoms with E-state index in [0.717, 1.165) is 4.90 Å². The average Bonchev–Trinajstić information content (AvgIpc) is 3.00. The molecule has 0 saturated carbocycles. The Bertz CT molecular complexity index is 908. The number of nitrogens with zero attached hydrogens (tertiary/aromatic N) is 1. The van der Waals surface area contributed by atoms with Gasteiger partial charge in [-0.05, 0) is 42.2 Å². The van der Waals surface area contributed by atoms with Crippen LogP contribution in [0.25, 0.3) is 0 Å². The molecule has 1 aliphatic rings. The van der Waals surface area contributed by atoms with E-state index in [-0.39, 0.29) is 35.5 Å². The fourth-order valence-corrected chi connectivity index (χ4v) is 4.13. The minimum Gasteiger partial charge on any atom is -0.274 e. The molecule has 1 N–H and O–H groups in total. The fraction of sp³-hybridized carbons (Fsp3) is 0.300. The second kappa shape index (κ2) is 8.02. The van der Waals surface area contributed by atoms with Crippen LogP contribution in [0.2, 0.25) is 0 Å². The van der Waals surface area contributed by atoms with Crippen LogP contribution in [0.15, 0.2) is 59.5 Å². The number of rotatable bonds is 7. The van der Waals surface area contributed by atoms with Gasteiger partial charge in [0.15, 0.2) is 0 Å². The first kappa shape index (κ1) is 19.3. The molecule has 1 aliphatic heterocycles. The van der Waals surface area contributed by atoms with Crippen molar-refractivity contribution in [2.24, 2.45) is 0 Å². The first-order chi connectivity index (χ1) is 12.9. The van der Waals surface area contributed by atoms with Crippen molar-refractivity contribution in [2.75, 3.05) is 11.4 Å². The van der Waals surface area contributed by atoms with Crippen LogP contribution in [0.5, 0.6) is 0 Å². The monoisotopic (exact) mass is 386 g/mol. The summed E-state index contributed by atoms with van der Waals surface area (Å²) in [5.74, 6) is -0.282. The highest BCUT2D eigenvalue weighted by molar-refractivity contribution is 7.89. The molecule has 1 heterocycles. The topological polar surface area (TPSA) is 83.6 Å². The Morgan fingerprint density at radius 1 is 0.963 bits per heavy atom. The van der Waals surface area contributed by atoms with Crippen molar-refractivity contribution in [3.8, 4) is 0 Å². The van der Waals surface area contributed by atoms with Crippen molar-refractivity contribution in [3.05, 3.63) is 60.2 Å². The maximum absolute atomic E-state index is 12.5. The summed E-state index contributed by atoms with van der Waals surface area (Å²) >= 11 is 0. The zero-order valence-electron chi connectivity index (χ0n) is 15.1. The van der Waals surface area contributed by atoms with Crippen LogP contribution in [-0.4, -0.2) is 26.8 Å². The normalized spacial score (nSPS) is 16.0. The van der Waals surface area contributed by atoms with Crippen molar-refractivity contribution in [1.82, 2.24) is 4.72 Å². The molecule has 2 aromatic carbocycles. The zero-order valence-corrected chi connectivity index (χ0v) is 15.9. The third-order valence-electron chi connectivity index (χ3n) is 4.69. The van der Waals surface area contributed by atoms with Crippen molar-refractivity contribution in [1.29, 1.82) is 0 Å². The van der Waals surface area contributed by atoms with E-state index in [1.165, 1.54) is 29.8 Å². The van der Waals surface area contributed by atoms with E-state index in [0.29, 0.717) is 18.7 Å². The number of nitrogens with one attached hydrogen (secondary N) is 1. The van der Waals surface area contributed by atoms with Gasteiger partial charge in [0.2, 0.25) is 21.8 Å². The molecule has 27 heavy (non-hydrogen) atoms. The Kier molecular flexibility index (Phi) is 5.72. The van der Waals surface area contributed by atoms with Crippen LogP contribution in [0.4, 0.5) is 5.69 Å². The number of imide groups is 1. The van der Waals surface area contributed by atoms with Gasteiger partial charge in [0, 0.05) is 19.4 Å². The Morgan fingerprint density at radius 3 is 2.15 bits per heavy atom. The molecule has 142 valence electrons.